The van der Waals surface area contributed by atoms with Crippen LogP contribution in [0.25, 0.3) is 0 Å². The molecule has 1 saturated heterocycles. The van der Waals surface area contributed by atoms with E-state index >= 15 is 0 Å². The van der Waals surface area contributed by atoms with E-state index < -0.39 is 6.03 Å². The van der Waals surface area contributed by atoms with Gasteiger partial charge in [0.2, 0.25) is 0 Å². The van der Waals surface area contributed by atoms with Gasteiger partial charge in [-0.15, -0.1) is 0 Å². The Bertz CT molecular complexity index is 557. The number of urea groups is 1. The number of para-hydroxylation sites is 2. The molecule has 0 saturated carbocycles. The SMILES string of the molecule is CCNC(=O)NC(=O)C[NH+]1CCN(c2ccccc2OCC)CC1. The van der Waals surface area contributed by atoms with Crippen molar-refractivity contribution in [3.8, 4) is 5.75 Å². The Kier molecular flexibility index (Phi) is 6.87. The molecule has 24 heavy (non-hydrogen) atoms. The smallest absolute Gasteiger partial charge is 0.321 e. The second kappa shape index (κ2) is 9.12. The molecular weight excluding hydrogens is 308 g/mol. The summed E-state index contributed by atoms with van der Waals surface area (Å²) in [5.74, 6) is 0.663. The van der Waals surface area contributed by atoms with Gasteiger partial charge in [0.1, 0.15) is 5.75 Å². The summed E-state index contributed by atoms with van der Waals surface area (Å²) in [5.41, 5.74) is 1.10. The van der Waals surface area contributed by atoms with E-state index in [4.69, 9.17) is 4.74 Å². The second-order valence-electron chi connectivity index (χ2n) is 5.72. The molecule has 1 aromatic rings. The van der Waals surface area contributed by atoms with Crippen molar-refractivity contribution in [2.75, 3.05) is 50.8 Å². The number of carbonyl (C=O) groups excluding carboxylic acids is 2. The Morgan fingerprint density at radius 2 is 1.92 bits per heavy atom. The molecule has 1 aliphatic rings. The molecule has 3 amide bonds. The molecule has 3 N–H and O–H groups in total. The molecule has 0 atom stereocenters. The Morgan fingerprint density at radius 3 is 2.58 bits per heavy atom. The molecular formula is C17H27N4O3+. The fourth-order valence-corrected chi connectivity index (χ4v) is 2.84. The highest BCUT2D eigenvalue weighted by Crippen LogP contribution is 2.27. The van der Waals surface area contributed by atoms with Crippen LogP contribution in [0.4, 0.5) is 10.5 Å². The lowest BCUT2D eigenvalue weighted by molar-refractivity contribution is -0.892. The fraction of sp³-hybridized carbons (Fsp3) is 0.529. The van der Waals surface area contributed by atoms with Crippen molar-refractivity contribution in [2.45, 2.75) is 13.8 Å². The number of rotatable bonds is 6. The van der Waals surface area contributed by atoms with Crippen LogP contribution in [0.2, 0.25) is 0 Å². The number of quaternary nitrogens is 1. The van der Waals surface area contributed by atoms with E-state index in [2.05, 4.69) is 21.6 Å². The van der Waals surface area contributed by atoms with Gasteiger partial charge < -0.3 is 19.9 Å². The summed E-state index contributed by atoms with van der Waals surface area (Å²) in [4.78, 5) is 26.7. The molecule has 132 valence electrons. The molecule has 1 heterocycles. The Balaban J connectivity index is 1.83. The van der Waals surface area contributed by atoms with Crippen molar-refractivity contribution < 1.29 is 19.2 Å². The van der Waals surface area contributed by atoms with Gasteiger partial charge in [0.25, 0.3) is 5.91 Å². The first-order valence-corrected chi connectivity index (χ1v) is 8.52. The highest BCUT2D eigenvalue weighted by molar-refractivity contribution is 5.94. The van der Waals surface area contributed by atoms with Crippen molar-refractivity contribution in [1.82, 2.24) is 10.6 Å². The number of anilines is 1. The summed E-state index contributed by atoms with van der Waals surface area (Å²) in [6.45, 7) is 8.67. The largest absolute Gasteiger partial charge is 0.492 e. The van der Waals surface area contributed by atoms with Gasteiger partial charge in [-0.25, -0.2) is 4.79 Å². The number of hydrogen-bond acceptors (Lipinski definition) is 4. The van der Waals surface area contributed by atoms with Crippen LogP contribution in [0, 0.1) is 0 Å². The van der Waals surface area contributed by atoms with Crippen LogP contribution in [-0.2, 0) is 4.79 Å². The number of amides is 3. The third-order valence-electron chi connectivity index (χ3n) is 3.98. The number of carbonyl (C=O) groups is 2. The van der Waals surface area contributed by atoms with Crippen molar-refractivity contribution in [1.29, 1.82) is 0 Å². The molecule has 1 aromatic carbocycles. The van der Waals surface area contributed by atoms with E-state index in [1.165, 1.54) is 4.90 Å². The minimum Gasteiger partial charge on any atom is -0.492 e. The maximum atomic E-state index is 11.9. The lowest BCUT2D eigenvalue weighted by Crippen LogP contribution is -3.16. The number of benzene rings is 1. The summed E-state index contributed by atoms with van der Waals surface area (Å²) < 4.78 is 5.69. The Labute approximate surface area is 142 Å². The van der Waals surface area contributed by atoms with Crippen LogP contribution in [0.5, 0.6) is 5.75 Å². The number of hydrogen-bond donors (Lipinski definition) is 3. The maximum absolute atomic E-state index is 11.9. The Hall–Kier alpha value is -2.28. The average molecular weight is 335 g/mol. The minimum atomic E-state index is -0.425. The predicted octanol–water partition coefficient (Wildman–Crippen LogP) is -0.364. The zero-order valence-corrected chi connectivity index (χ0v) is 14.4. The molecule has 2 rings (SSSR count). The van der Waals surface area contributed by atoms with Crippen LogP contribution in [0.1, 0.15) is 13.8 Å². The number of ether oxygens (including phenoxy) is 1. The first-order chi connectivity index (χ1) is 11.6. The third-order valence-corrected chi connectivity index (χ3v) is 3.98. The molecule has 7 heteroatoms. The normalized spacial score (nSPS) is 15.0. The molecule has 1 fully saturated rings. The lowest BCUT2D eigenvalue weighted by atomic mass is 10.2. The molecule has 0 aromatic heterocycles. The Morgan fingerprint density at radius 1 is 1.21 bits per heavy atom. The fourth-order valence-electron chi connectivity index (χ4n) is 2.84. The van der Waals surface area contributed by atoms with E-state index in [0.29, 0.717) is 19.7 Å². The minimum absolute atomic E-state index is 0.237. The first kappa shape index (κ1) is 18.1. The maximum Gasteiger partial charge on any atom is 0.321 e. The summed E-state index contributed by atoms with van der Waals surface area (Å²) in [7, 11) is 0. The van der Waals surface area contributed by atoms with E-state index in [9.17, 15) is 9.59 Å². The van der Waals surface area contributed by atoms with Gasteiger partial charge in [-0.05, 0) is 26.0 Å². The van der Waals surface area contributed by atoms with Crippen molar-refractivity contribution in [3.63, 3.8) is 0 Å². The van der Waals surface area contributed by atoms with E-state index in [1.54, 1.807) is 0 Å². The third kappa shape index (κ3) is 5.13. The standard InChI is InChI=1S/C17H26N4O3/c1-3-18-17(23)19-16(22)13-20-9-11-21(12-10-20)14-7-5-6-8-15(14)24-4-2/h5-8H,3-4,9-13H2,1-2H3,(H2,18,19,22,23)/p+1. The van der Waals surface area contributed by atoms with E-state index in [-0.39, 0.29) is 5.91 Å². The van der Waals surface area contributed by atoms with Crippen LogP contribution in [0.3, 0.4) is 0 Å². The van der Waals surface area contributed by atoms with Gasteiger partial charge in [-0.1, -0.05) is 12.1 Å². The number of piperazine rings is 1. The number of nitrogens with zero attached hydrogens (tertiary/aromatic N) is 1. The monoisotopic (exact) mass is 335 g/mol. The van der Waals surface area contributed by atoms with Crippen molar-refractivity contribution >= 4 is 17.6 Å². The predicted molar refractivity (Wildman–Crippen MR) is 92.6 cm³/mol. The highest BCUT2D eigenvalue weighted by atomic mass is 16.5. The van der Waals surface area contributed by atoms with Gasteiger partial charge in [-0.2, -0.15) is 0 Å². The van der Waals surface area contributed by atoms with Crippen LogP contribution in [0.15, 0.2) is 24.3 Å². The van der Waals surface area contributed by atoms with Crippen LogP contribution >= 0.6 is 0 Å². The van der Waals surface area contributed by atoms with Crippen LogP contribution < -0.4 is 25.2 Å². The summed E-state index contributed by atoms with van der Waals surface area (Å²) in [5, 5.41) is 4.91. The van der Waals surface area contributed by atoms with Crippen LogP contribution in [-0.4, -0.2) is 57.8 Å². The second-order valence-corrected chi connectivity index (χ2v) is 5.72. The molecule has 0 radical (unpaired) electrons. The summed E-state index contributed by atoms with van der Waals surface area (Å²) in [6.07, 6.45) is 0. The van der Waals surface area contributed by atoms with E-state index in [1.807, 2.05) is 32.0 Å². The molecule has 0 aliphatic carbocycles. The molecule has 1 aliphatic heterocycles. The number of nitrogens with one attached hydrogen (secondary N) is 3. The molecule has 0 spiro atoms. The molecule has 0 unspecified atom stereocenters. The van der Waals surface area contributed by atoms with Gasteiger partial charge in [0.05, 0.1) is 38.5 Å². The first-order valence-electron chi connectivity index (χ1n) is 8.52. The van der Waals surface area contributed by atoms with Gasteiger partial charge in [-0.3, -0.25) is 10.1 Å². The van der Waals surface area contributed by atoms with Crippen molar-refractivity contribution in [2.24, 2.45) is 0 Å². The lowest BCUT2D eigenvalue weighted by Gasteiger charge is -2.34. The molecule has 7 nitrogen and oxygen atoms in total. The quantitative estimate of drug-likeness (QED) is 0.663. The topological polar surface area (TPSA) is 75.1 Å². The summed E-state index contributed by atoms with van der Waals surface area (Å²) in [6, 6.07) is 7.61. The van der Waals surface area contributed by atoms with Gasteiger partial charge in [0.15, 0.2) is 6.54 Å². The van der Waals surface area contributed by atoms with E-state index in [0.717, 1.165) is 37.6 Å². The summed E-state index contributed by atoms with van der Waals surface area (Å²) >= 11 is 0. The van der Waals surface area contributed by atoms with Gasteiger partial charge in [0, 0.05) is 6.54 Å². The van der Waals surface area contributed by atoms with Gasteiger partial charge >= 0.3 is 6.03 Å². The highest BCUT2D eigenvalue weighted by Gasteiger charge is 2.24. The molecule has 0 bridgehead atoms. The van der Waals surface area contributed by atoms with Crippen molar-refractivity contribution in [3.05, 3.63) is 24.3 Å². The zero-order valence-electron chi connectivity index (χ0n) is 14.4. The number of imide groups is 1. The zero-order chi connectivity index (χ0) is 17.4. The average Bonchev–Trinajstić information content (AvgIpc) is 2.56.